The van der Waals surface area contributed by atoms with Crippen molar-refractivity contribution in [3.8, 4) is 16.9 Å². The molecule has 0 spiro atoms. The van der Waals surface area contributed by atoms with E-state index in [1.54, 1.807) is 24.3 Å². The van der Waals surface area contributed by atoms with Gasteiger partial charge in [0.2, 0.25) is 0 Å². The third-order valence-corrected chi connectivity index (χ3v) is 4.03. The Kier molecular flexibility index (Phi) is 6.41. The van der Waals surface area contributed by atoms with E-state index < -0.39 is 11.9 Å². The monoisotopic (exact) mass is 375 g/mol. The van der Waals surface area contributed by atoms with E-state index in [2.05, 4.69) is 5.32 Å². The molecule has 0 unspecified atom stereocenters. The van der Waals surface area contributed by atoms with E-state index in [1.165, 1.54) is 0 Å². The Labute approximate surface area is 163 Å². The van der Waals surface area contributed by atoms with Gasteiger partial charge in [0, 0.05) is 11.3 Å². The predicted octanol–water partition coefficient (Wildman–Crippen LogP) is 4.55. The van der Waals surface area contributed by atoms with Crippen LogP contribution in [0.4, 0.5) is 5.69 Å². The predicted molar refractivity (Wildman–Crippen MR) is 108 cm³/mol. The minimum atomic E-state index is -0.601. The molecule has 0 aliphatic heterocycles. The van der Waals surface area contributed by atoms with Gasteiger partial charge in [-0.05, 0) is 30.7 Å². The lowest BCUT2D eigenvalue weighted by atomic mass is 10.0. The molecule has 0 aliphatic rings. The van der Waals surface area contributed by atoms with Crippen LogP contribution in [0.25, 0.3) is 11.1 Å². The number of esters is 1. The number of rotatable bonds is 7. The average Bonchev–Trinajstić information content (AvgIpc) is 2.74. The Morgan fingerprint density at radius 3 is 2.32 bits per heavy atom. The second-order valence-corrected chi connectivity index (χ2v) is 5.97. The molecule has 0 aromatic heterocycles. The number of anilines is 1. The average molecular weight is 375 g/mol. The van der Waals surface area contributed by atoms with Crippen molar-refractivity contribution in [1.29, 1.82) is 0 Å². The van der Waals surface area contributed by atoms with E-state index in [4.69, 9.17) is 9.47 Å². The summed E-state index contributed by atoms with van der Waals surface area (Å²) in [5.74, 6) is -0.578. The van der Waals surface area contributed by atoms with Gasteiger partial charge in [0.1, 0.15) is 11.3 Å². The third kappa shape index (κ3) is 4.76. The third-order valence-electron chi connectivity index (χ3n) is 4.03. The summed E-state index contributed by atoms with van der Waals surface area (Å²) < 4.78 is 10.6. The van der Waals surface area contributed by atoms with Crippen LogP contribution in [0.3, 0.4) is 0 Å². The van der Waals surface area contributed by atoms with Gasteiger partial charge in [0.15, 0.2) is 6.61 Å². The van der Waals surface area contributed by atoms with Crippen molar-refractivity contribution < 1.29 is 19.1 Å². The molecule has 3 rings (SSSR count). The molecule has 3 aromatic carbocycles. The number of hydrogen-bond donors (Lipinski definition) is 1. The first-order valence-electron chi connectivity index (χ1n) is 9.02. The van der Waals surface area contributed by atoms with Crippen molar-refractivity contribution in [3.63, 3.8) is 0 Å². The Balaban J connectivity index is 1.65. The second-order valence-electron chi connectivity index (χ2n) is 5.97. The molecule has 0 saturated carbocycles. The molecule has 5 heteroatoms. The minimum absolute atomic E-state index is 0.293. The molecular formula is C23H21NO4. The zero-order valence-electron chi connectivity index (χ0n) is 15.6. The highest BCUT2D eigenvalue weighted by Crippen LogP contribution is 2.27. The second kappa shape index (κ2) is 9.37. The van der Waals surface area contributed by atoms with Crippen LogP contribution in [0.1, 0.15) is 17.3 Å². The summed E-state index contributed by atoms with van der Waals surface area (Å²) in [5, 5.41) is 2.81. The molecule has 0 atom stereocenters. The van der Waals surface area contributed by atoms with Gasteiger partial charge < -0.3 is 14.8 Å². The van der Waals surface area contributed by atoms with E-state index >= 15 is 0 Å². The first-order valence-corrected chi connectivity index (χ1v) is 9.02. The quantitative estimate of drug-likeness (QED) is 0.616. The summed E-state index contributed by atoms with van der Waals surface area (Å²) in [5.41, 5.74) is 2.83. The van der Waals surface area contributed by atoms with Crippen LogP contribution in [0.2, 0.25) is 0 Å². The summed E-state index contributed by atoms with van der Waals surface area (Å²) in [4.78, 5) is 24.6. The fourth-order valence-corrected chi connectivity index (χ4v) is 2.77. The number of nitrogens with one attached hydrogen (secondary N) is 1. The maximum Gasteiger partial charge on any atom is 0.342 e. The van der Waals surface area contributed by atoms with Gasteiger partial charge in [0.05, 0.1) is 6.61 Å². The van der Waals surface area contributed by atoms with Crippen molar-refractivity contribution in [1.82, 2.24) is 0 Å². The van der Waals surface area contributed by atoms with Crippen molar-refractivity contribution in [2.45, 2.75) is 6.92 Å². The molecule has 0 heterocycles. The van der Waals surface area contributed by atoms with E-state index in [-0.39, 0.29) is 6.61 Å². The summed E-state index contributed by atoms with van der Waals surface area (Å²) >= 11 is 0. The van der Waals surface area contributed by atoms with Gasteiger partial charge in [0.25, 0.3) is 5.91 Å². The lowest BCUT2D eigenvalue weighted by Crippen LogP contribution is -2.21. The zero-order chi connectivity index (χ0) is 19.8. The van der Waals surface area contributed by atoms with Crippen molar-refractivity contribution in [3.05, 3.63) is 84.4 Å². The van der Waals surface area contributed by atoms with Gasteiger partial charge in [-0.25, -0.2) is 4.79 Å². The molecule has 28 heavy (non-hydrogen) atoms. The Morgan fingerprint density at radius 2 is 1.54 bits per heavy atom. The number of benzene rings is 3. The van der Waals surface area contributed by atoms with Crippen molar-refractivity contribution in [2.24, 2.45) is 0 Å². The van der Waals surface area contributed by atoms with E-state index in [0.29, 0.717) is 23.6 Å². The molecule has 3 aromatic rings. The molecule has 0 radical (unpaired) electrons. The van der Waals surface area contributed by atoms with Gasteiger partial charge >= 0.3 is 5.97 Å². The first-order chi connectivity index (χ1) is 13.7. The Morgan fingerprint density at radius 1 is 0.857 bits per heavy atom. The number of carbonyl (C=O) groups is 2. The summed E-state index contributed by atoms with van der Waals surface area (Å²) in [7, 11) is 0. The normalized spacial score (nSPS) is 10.2. The van der Waals surface area contributed by atoms with Crippen LogP contribution in [-0.2, 0) is 9.53 Å². The molecule has 142 valence electrons. The van der Waals surface area contributed by atoms with Crippen LogP contribution >= 0.6 is 0 Å². The van der Waals surface area contributed by atoms with Crippen molar-refractivity contribution >= 4 is 17.6 Å². The fourth-order valence-electron chi connectivity index (χ4n) is 2.77. The maximum atomic E-state index is 12.3. The molecule has 0 aliphatic carbocycles. The number of ether oxygens (including phenoxy) is 2. The van der Waals surface area contributed by atoms with Crippen LogP contribution in [0.5, 0.6) is 5.75 Å². The zero-order valence-corrected chi connectivity index (χ0v) is 15.6. The van der Waals surface area contributed by atoms with Crippen LogP contribution in [-0.4, -0.2) is 25.1 Å². The van der Waals surface area contributed by atoms with E-state index in [1.807, 2.05) is 61.5 Å². The summed E-state index contributed by atoms with van der Waals surface area (Å²) in [6, 6.07) is 24.0. The topological polar surface area (TPSA) is 64.6 Å². The lowest BCUT2D eigenvalue weighted by Gasteiger charge is -2.12. The van der Waals surface area contributed by atoms with Gasteiger partial charge in [-0.2, -0.15) is 0 Å². The Hall–Kier alpha value is -3.60. The Bertz CT molecular complexity index is 954. The highest BCUT2D eigenvalue weighted by atomic mass is 16.5. The first kappa shape index (κ1) is 19.2. The van der Waals surface area contributed by atoms with E-state index in [0.717, 1.165) is 11.1 Å². The highest BCUT2D eigenvalue weighted by molar-refractivity contribution is 5.98. The molecule has 5 nitrogen and oxygen atoms in total. The number of hydrogen-bond acceptors (Lipinski definition) is 4. The number of amides is 1. The van der Waals surface area contributed by atoms with Gasteiger partial charge in [-0.1, -0.05) is 60.7 Å². The van der Waals surface area contributed by atoms with Gasteiger partial charge in [-0.15, -0.1) is 0 Å². The van der Waals surface area contributed by atoms with Crippen LogP contribution in [0, 0.1) is 0 Å². The molecule has 1 amide bonds. The van der Waals surface area contributed by atoms with Crippen molar-refractivity contribution in [2.75, 3.05) is 18.5 Å². The molecule has 1 N–H and O–H groups in total. The smallest absolute Gasteiger partial charge is 0.342 e. The lowest BCUT2D eigenvalue weighted by molar-refractivity contribution is -0.119. The molecule has 0 bridgehead atoms. The standard InChI is InChI=1S/C23H21NO4/c1-2-27-21-15-9-7-13-19(21)23(26)28-16-22(25)24-20-14-8-6-12-18(20)17-10-4-3-5-11-17/h3-15H,2,16H2,1H3,(H,24,25). The number of carbonyl (C=O) groups excluding carboxylic acids is 2. The van der Waals surface area contributed by atoms with E-state index in [9.17, 15) is 9.59 Å². The highest BCUT2D eigenvalue weighted by Gasteiger charge is 2.15. The SMILES string of the molecule is CCOc1ccccc1C(=O)OCC(=O)Nc1ccccc1-c1ccccc1. The maximum absolute atomic E-state index is 12.3. The minimum Gasteiger partial charge on any atom is -0.493 e. The van der Waals surface area contributed by atoms with Crippen LogP contribution < -0.4 is 10.1 Å². The summed E-state index contributed by atoms with van der Waals surface area (Å²) in [6.07, 6.45) is 0. The van der Waals surface area contributed by atoms with Crippen LogP contribution in [0.15, 0.2) is 78.9 Å². The fraction of sp³-hybridized carbons (Fsp3) is 0.130. The molecule has 0 saturated heterocycles. The van der Waals surface area contributed by atoms with Gasteiger partial charge in [-0.3, -0.25) is 4.79 Å². The molecular weight excluding hydrogens is 354 g/mol. The largest absolute Gasteiger partial charge is 0.493 e. The summed E-state index contributed by atoms with van der Waals surface area (Å²) in [6.45, 7) is 1.88. The molecule has 0 fully saturated rings. The number of para-hydroxylation sites is 2.